The lowest BCUT2D eigenvalue weighted by molar-refractivity contribution is 0.131. The van der Waals surface area contributed by atoms with Crippen molar-refractivity contribution in [2.45, 2.75) is 51.4 Å². The Morgan fingerprint density at radius 1 is 1.26 bits per heavy atom. The van der Waals surface area contributed by atoms with Crippen LogP contribution in [0.4, 0.5) is 0 Å². The van der Waals surface area contributed by atoms with E-state index in [2.05, 4.69) is 28.8 Å². The normalized spacial score (nSPS) is 28.0. The number of halogens is 1. The highest BCUT2D eigenvalue weighted by molar-refractivity contribution is 6.28. The smallest absolute Gasteiger partial charge is 0.245 e. The molecule has 2 heterocycles. The largest absolute Gasteiger partial charge is 0.439 e. The van der Waals surface area contributed by atoms with Crippen LogP contribution in [0.3, 0.4) is 0 Å². The molecule has 124 valence electrons. The Labute approximate surface area is 141 Å². The van der Waals surface area contributed by atoms with Crippen LogP contribution in [0.1, 0.15) is 51.7 Å². The van der Waals surface area contributed by atoms with Crippen LogP contribution >= 0.6 is 11.6 Å². The van der Waals surface area contributed by atoms with Crippen molar-refractivity contribution < 1.29 is 4.42 Å². The average Bonchev–Trinajstić information content (AvgIpc) is 3.07. The standard InChI is InChI=1S/C17H23ClN4O/c1-3-17(7-5-16(2,11-19)6-8-17)13-10-21-14(23-13)12-4-9-20-15(18)22-12/h4,9-10H,3,5-8,11,19H2,1-2H3. The molecule has 0 saturated heterocycles. The maximum atomic E-state index is 6.07. The Kier molecular flexibility index (Phi) is 4.43. The Morgan fingerprint density at radius 2 is 2.00 bits per heavy atom. The predicted molar refractivity (Wildman–Crippen MR) is 90.1 cm³/mol. The van der Waals surface area contributed by atoms with Gasteiger partial charge >= 0.3 is 0 Å². The van der Waals surface area contributed by atoms with E-state index in [1.54, 1.807) is 12.3 Å². The van der Waals surface area contributed by atoms with Gasteiger partial charge in [0.2, 0.25) is 11.2 Å². The van der Waals surface area contributed by atoms with Crippen LogP contribution in [0.15, 0.2) is 22.9 Å². The first-order valence-electron chi connectivity index (χ1n) is 8.16. The molecule has 23 heavy (non-hydrogen) atoms. The molecule has 5 nitrogen and oxygen atoms in total. The molecule has 0 bridgehead atoms. The molecule has 1 aliphatic rings. The molecule has 0 spiro atoms. The zero-order valence-corrected chi connectivity index (χ0v) is 14.4. The van der Waals surface area contributed by atoms with Crippen molar-refractivity contribution in [1.29, 1.82) is 0 Å². The summed E-state index contributed by atoms with van der Waals surface area (Å²) in [6.07, 6.45) is 8.89. The minimum atomic E-state index is 0.0523. The summed E-state index contributed by atoms with van der Waals surface area (Å²) in [7, 11) is 0. The van der Waals surface area contributed by atoms with Crippen molar-refractivity contribution in [3.8, 4) is 11.6 Å². The Balaban J connectivity index is 1.86. The molecule has 2 aromatic rings. The highest BCUT2D eigenvalue weighted by Crippen LogP contribution is 2.48. The first-order chi connectivity index (χ1) is 11.0. The van der Waals surface area contributed by atoms with Crippen molar-refractivity contribution in [3.05, 3.63) is 29.5 Å². The summed E-state index contributed by atoms with van der Waals surface area (Å²) >= 11 is 5.85. The molecule has 0 aromatic carbocycles. The van der Waals surface area contributed by atoms with Crippen molar-refractivity contribution >= 4 is 11.6 Å². The van der Waals surface area contributed by atoms with E-state index in [1.807, 2.05) is 6.20 Å². The molecule has 0 aliphatic heterocycles. The lowest BCUT2D eigenvalue weighted by Crippen LogP contribution is -2.39. The van der Waals surface area contributed by atoms with Crippen molar-refractivity contribution in [1.82, 2.24) is 15.0 Å². The van der Waals surface area contributed by atoms with E-state index in [4.69, 9.17) is 21.8 Å². The van der Waals surface area contributed by atoms with Gasteiger partial charge < -0.3 is 10.2 Å². The zero-order chi connectivity index (χ0) is 16.5. The lowest BCUT2D eigenvalue weighted by atomic mass is 9.62. The number of aromatic nitrogens is 3. The zero-order valence-electron chi connectivity index (χ0n) is 13.7. The second-order valence-electron chi connectivity index (χ2n) is 6.89. The van der Waals surface area contributed by atoms with E-state index in [-0.39, 0.29) is 16.1 Å². The van der Waals surface area contributed by atoms with Gasteiger partial charge in [0.15, 0.2) is 0 Å². The fourth-order valence-corrected chi connectivity index (χ4v) is 3.55. The van der Waals surface area contributed by atoms with Gasteiger partial charge in [-0.2, -0.15) is 0 Å². The third-order valence-corrected chi connectivity index (χ3v) is 5.64. The topological polar surface area (TPSA) is 77.8 Å². The lowest BCUT2D eigenvalue weighted by Gasteiger charge is -2.43. The fraction of sp³-hybridized carbons (Fsp3) is 0.588. The molecule has 3 rings (SSSR count). The van der Waals surface area contributed by atoms with Gasteiger partial charge in [-0.15, -0.1) is 0 Å². The summed E-state index contributed by atoms with van der Waals surface area (Å²) < 4.78 is 6.07. The summed E-state index contributed by atoms with van der Waals surface area (Å²) in [4.78, 5) is 12.5. The maximum absolute atomic E-state index is 6.07. The molecule has 0 atom stereocenters. The van der Waals surface area contributed by atoms with Gasteiger partial charge in [-0.25, -0.2) is 15.0 Å². The van der Waals surface area contributed by atoms with E-state index >= 15 is 0 Å². The monoisotopic (exact) mass is 334 g/mol. The van der Waals surface area contributed by atoms with Gasteiger partial charge in [0.1, 0.15) is 11.5 Å². The van der Waals surface area contributed by atoms with E-state index < -0.39 is 0 Å². The maximum Gasteiger partial charge on any atom is 0.245 e. The number of oxazole rings is 1. The molecule has 0 radical (unpaired) electrons. The predicted octanol–water partition coefficient (Wildman–Crippen LogP) is 3.97. The number of hydrogen-bond donors (Lipinski definition) is 1. The van der Waals surface area contributed by atoms with Gasteiger partial charge in [0, 0.05) is 11.6 Å². The Bertz CT molecular complexity index is 677. The van der Waals surface area contributed by atoms with Gasteiger partial charge in [-0.05, 0) is 61.7 Å². The third kappa shape index (κ3) is 3.12. The molecule has 1 aliphatic carbocycles. The van der Waals surface area contributed by atoms with Crippen LogP contribution < -0.4 is 5.73 Å². The fourth-order valence-electron chi connectivity index (χ4n) is 3.40. The molecular weight excluding hydrogens is 312 g/mol. The molecular formula is C17H23ClN4O. The van der Waals surface area contributed by atoms with E-state index in [9.17, 15) is 0 Å². The number of rotatable bonds is 4. The minimum Gasteiger partial charge on any atom is -0.439 e. The summed E-state index contributed by atoms with van der Waals surface area (Å²) in [5.74, 6) is 1.45. The summed E-state index contributed by atoms with van der Waals surface area (Å²) in [5.41, 5.74) is 6.86. The second-order valence-corrected chi connectivity index (χ2v) is 7.23. The SMILES string of the molecule is CCC1(c2cnc(-c3ccnc(Cl)n3)o2)CCC(C)(CN)CC1. The number of nitrogens with two attached hydrogens (primary N) is 1. The van der Waals surface area contributed by atoms with Crippen LogP contribution in [0.2, 0.25) is 5.28 Å². The molecule has 0 amide bonds. The van der Waals surface area contributed by atoms with Gasteiger partial charge in [0.05, 0.1) is 6.20 Å². The van der Waals surface area contributed by atoms with Crippen LogP contribution in [-0.2, 0) is 5.41 Å². The Hall–Kier alpha value is -1.46. The third-order valence-electron chi connectivity index (χ3n) is 5.46. The highest BCUT2D eigenvalue weighted by atomic mass is 35.5. The van der Waals surface area contributed by atoms with Crippen LogP contribution in [0.25, 0.3) is 11.6 Å². The van der Waals surface area contributed by atoms with Crippen molar-refractivity contribution in [2.24, 2.45) is 11.1 Å². The van der Waals surface area contributed by atoms with E-state index in [0.29, 0.717) is 11.6 Å². The minimum absolute atomic E-state index is 0.0523. The number of hydrogen-bond acceptors (Lipinski definition) is 5. The highest BCUT2D eigenvalue weighted by Gasteiger charge is 2.42. The van der Waals surface area contributed by atoms with Gasteiger partial charge in [-0.1, -0.05) is 13.8 Å². The first kappa shape index (κ1) is 16.4. The first-order valence-corrected chi connectivity index (χ1v) is 8.53. The Morgan fingerprint density at radius 3 is 2.61 bits per heavy atom. The van der Waals surface area contributed by atoms with Gasteiger partial charge in [0.25, 0.3) is 0 Å². The van der Waals surface area contributed by atoms with Gasteiger partial charge in [-0.3, -0.25) is 0 Å². The molecule has 2 N–H and O–H groups in total. The summed E-state index contributed by atoms with van der Waals surface area (Å²) in [6, 6.07) is 1.76. The molecule has 6 heteroatoms. The van der Waals surface area contributed by atoms with Crippen LogP contribution in [-0.4, -0.2) is 21.5 Å². The van der Waals surface area contributed by atoms with E-state index in [1.165, 1.54) is 0 Å². The van der Waals surface area contributed by atoms with Crippen molar-refractivity contribution in [3.63, 3.8) is 0 Å². The number of nitrogens with zero attached hydrogens (tertiary/aromatic N) is 3. The average molecular weight is 335 g/mol. The van der Waals surface area contributed by atoms with E-state index in [0.717, 1.165) is 44.4 Å². The molecule has 0 unspecified atom stereocenters. The molecule has 1 saturated carbocycles. The second kappa shape index (κ2) is 6.21. The molecule has 2 aromatic heterocycles. The van der Waals surface area contributed by atoms with Crippen LogP contribution in [0, 0.1) is 5.41 Å². The molecule has 1 fully saturated rings. The van der Waals surface area contributed by atoms with Crippen LogP contribution in [0.5, 0.6) is 0 Å². The summed E-state index contributed by atoms with van der Waals surface area (Å²) in [6.45, 7) is 5.24. The van der Waals surface area contributed by atoms with Crippen molar-refractivity contribution in [2.75, 3.05) is 6.54 Å². The summed E-state index contributed by atoms with van der Waals surface area (Å²) in [5, 5.41) is 0.198. The quantitative estimate of drug-likeness (QED) is 0.856.